The van der Waals surface area contributed by atoms with Gasteiger partial charge < -0.3 is 5.32 Å². The predicted octanol–water partition coefficient (Wildman–Crippen LogP) is 2.17. The highest BCUT2D eigenvalue weighted by atomic mass is 14.8. The molecule has 3 nitrogen and oxygen atoms in total. The maximum Gasteiger partial charge on any atom is 0.0887 e. The molecule has 0 saturated carbocycles. The Balaban J connectivity index is 2.43. The van der Waals surface area contributed by atoms with Crippen molar-refractivity contribution < 1.29 is 0 Å². The van der Waals surface area contributed by atoms with E-state index in [2.05, 4.69) is 40.4 Å². The van der Waals surface area contributed by atoms with Crippen molar-refractivity contribution in [2.45, 2.75) is 13.5 Å². The Labute approximate surface area is 95.6 Å². The van der Waals surface area contributed by atoms with Crippen molar-refractivity contribution in [3.8, 4) is 11.3 Å². The summed E-state index contributed by atoms with van der Waals surface area (Å²) in [6.45, 7) is 2.96. The second-order valence-corrected chi connectivity index (χ2v) is 3.77. The zero-order chi connectivity index (χ0) is 11.4. The Morgan fingerprint density at radius 1 is 1.25 bits per heavy atom. The Bertz CT molecular complexity index is 466. The molecule has 1 heterocycles. The fourth-order valence-corrected chi connectivity index (χ4v) is 1.70. The van der Waals surface area contributed by atoms with Crippen LogP contribution in [0, 0.1) is 6.92 Å². The van der Waals surface area contributed by atoms with Crippen LogP contribution in [0.15, 0.2) is 36.8 Å². The first-order valence-electron chi connectivity index (χ1n) is 5.32. The van der Waals surface area contributed by atoms with Gasteiger partial charge in [-0.05, 0) is 31.2 Å². The monoisotopic (exact) mass is 213 g/mol. The van der Waals surface area contributed by atoms with Crippen LogP contribution in [-0.2, 0) is 6.54 Å². The lowest BCUT2D eigenvalue weighted by atomic mass is 10.0. The van der Waals surface area contributed by atoms with Gasteiger partial charge in [-0.2, -0.15) is 0 Å². The van der Waals surface area contributed by atoms with E-state index < -0.39 is 0 Å². The summed E-state index contributed by atoms with van der Waals surface area (Å²) in [4.78, 5) is 8.43. The van der Waals surface area contributed by atoms with E-state index in [1.54, 1.807) is 18.6 Å². The number of nitrogens with zero attached hydrogens (tertiary/aromatic N) is 2. The quantitative estimate of drug-likeness (QED) is 0.849. The number of benzene rings is 1. The van der Waals surface area contributed by atoms with Crippen LogP contribution in [0.25, 0.3) is 11.3 Å². The lowest BCUT2D eigenvalue weighted by molar-refractivity contribution is 0.818. The fourth-order valence-electron chi connectivity index (χ4n) is 1.70. The standard InChI is InChI=1S/C13H15N3/c1-10-3-4-11(8-14-2)7-12(10)13-9-15-5-6-16-13/h3-7,9,14H,8H2,1-2H3. The van der Waals surface area contributed by atoms with Gasteiger partial charge in [0.05, 0.1) is 11.9 Å². The molecule has 0 unspecified atom stereocenters. The molecule has 0 saturated heterocycles. The van der Waals surface area contributed by atoms with E-state index >= 15 is 0 Å². The molecule has 3 heteroatoms. The minimum absolute atomic E-state index is 0.869. The molecule has 0 fully saturated rings. The molecule has 0 bridgehead atoms. The molecule has 16 heavy (non-hydrogen) atoms. The molecule has 2 aromatic rings. The highest BCUT2D eigenvalue weighted by Gasteiger charge is 2.04. The second-order valence-electron chi connectivity index (χ2n) is 3.77. The lowest BCUT2D eigenvalue weighted by Crippen LogP contribution is -2.05. The Morgan fingerprint density at radius 2 is 2.12 bits per heavy atom. The normalized spacial score (nSPS) is 10.4. The van der Waals surface area contributed by atoms with E-state index in [-0.39, 0.29) is 0 Å². The third-order valence-electron chi connectivity index (χ3n) is 2.52. The van der Waals surface area contributed by atoms with E-state index in [0.717, 1.165) is 17.8 Å². The van der Waals surface area contributed by atoms with E-state index in [1.807, 2.05) is 7.05 Å². The molecule has 2 rings (SSSR count). The van der Waals surface area contributed by atoms with Gasteiger partial charge in [-0.1, -0.05) is 12.1 Å². The minimum atomic E-state index is 0.869. The van der Waals surface area contributed by atoms with E-state index in [0.29, 0.717) is 0 Å². The molecule has 0 aliphatic heterocycles. The van der Waals surface area contributed by atoms with Crippen LogP contribution in [0.1, 0.15) is 11.1 Å². The van der Waals surface area contributed by atoms with Gasteiger partial charge >= 0.3 is 0 Å². The number of aryl methyl sites for hydroxylation is 1. The summed E-state index contributed by atoms with van der Waals surface area (Å²) < 4.78 is 0. The number of nitrogens with one attached hydrogen (secondary N) is 1. The molecular weight excluding hydrogens is 198 g/mol. The van der Waals surface area contributed by atoms with Crippen LogP contribution in [0.5, 0.6) is 0 Å². The largest absolute Gasteiger partial charge is 0.316 e. The van der Waals surface area contributed by atoms with Crippen LogP contribution in [-0.4, -0.2) is 17.0 Å². The number of rotatable bonds is 3. The molecular formula is C13H15N3. The van der Waals surface area contributed by atoms with Crippen LogP contribution in [0.2, 0.25) is 0 Å². The Morgan fingerprint density at radius 3 is 2.81 bits per heavy atom. The van der Waals surface area contributed by atoms with Crippen molar-refractivity contribution in [3.63, 3.8) is 0 Å². The summed E-state index contributed by atoms with van der Waals surface area (Å²) in [7, 11) is 1.95. The molecule has 0 aliphatic carbocycles. The van der Waals surface area contributed by atoms with E-state index in [1.165, 1.54) is 11.1 Å². The zero-order valence-corrected chi connectivity index (χ0v) is 9.57. The van der Waals surface area contributed by atoms with Gasteiger partial charge in [0.25, 0.3) is 0 Å². The van der Waals surface area contributed by atoms with E-state index in [9.17, 15) is 0 Å². The van der Waals surface area contributed by atoms with Gasteiger partial charge in [-0.15, -0.1) is 0 Å². The Hall–Kier alpha value is -1.74. The highest BCUT2D eigenvalue weighted by Crippen LogP contribution is 2.21. The van der Waals surface area contributed by atoms with Crippen molar-refractivity contribution >= 4 is 0 Å². The molecule has 82 valence electrons. The summed E-state index contributed by atoms with van der Waals surface area (Å²) in [6, 6.07) is 6.41. The third-order valence-corrected chi connectivity index (χ3v) is 2.52. The summed E-state index contributed by atoms with van der Waals surface area (Å²) in [5.41, 5.74) is 4.56. The first kappa shape index (κ1) is 10.8. The van der Waals surface area contributed by atoms with Crippen molar-refractivity contribution in [3.05, 3.63) is 47.9 Å². The average Bonchev–Trinajstić information content (AvgIpc) is 2.33. The molecule has 0 atom stereocenters. The van der Waals surface area contributed by atoms with Crippen LogP contribution < -0.4 is 5.32 Å². The summed E-state index contributed by atoms with van der Waals surface area (Å²) >= 11 is 0. The minimum Gasteiger partial charge on any atom is -0.316 e. The van der Waals surface area contributed by atoms with Gasteiger partial charge in [0.2, 0.25) is 0 Å². The van der Waals surface area contributed by atoms with Gasteiger partial charge in [0.1, 0.15) is 0 Å². The third kappa shape index (κ3) is 2.25. The highest BCUT2D eigenvalue weighted by molar-refractivity contribution is 5.63. The molecule has 0 aliphatic rings. The van der Waals surface area contributed by atoms with Crippen LogP contribution in [0.4, 0.5) is 0 Å². The summed E-state index contributed by atoms with van der Waals surface area (Å²) in [5, 5.41) is 3.15. The molecule has 0 amide bonds. The smallest absolute Gasteiger partial charge is 0.0887 e. The molecule has 0 spiro atoms. The maximum absolute atomic E-state index is 4.33. The van der Waals surface area contributed by atoms with Gasteiger partial charge in [0, 0.05) is 24.5 Å². The number of hydrogen-bond donors (Lipinski definition) is 1. The first-order chi connectivity index (χ1) is 7.81. The second kappa shape index (κ2) is 4.86. The van der Waals surface area contributed by atoms with Gasteiger partial charge in [-0.3, -0.25) is 9.97 Å². The zero-order valence-electron chi connectivity index (χ0n) is 9.57. The lowest BCUT2D eigenvalue weighted by Gasteiger charge is -2.07. The Kier molecular flexibility index (Phi) is 3.27. The maximum atomic E-state index is 4.33. The number of hydrogen-bond acceptors (Lipinski definition) is 3. The summed E-state index contributed by atoms with van der Waals surface area (Å²) in [6.07, 6.45) is 5.21. The molecule has 1 N–H and O–H groups in total. The van der Waals surface area contributed by atoms with E-state index in [4.69, 9.17) is 0 Å². The topological polar surface area (TPSA) is 37.8 Å². The van der Waals surface area contributed by atoms with Crippen molar-refractivity contribution in [2.24, 2.45) is 0 Å². The first-order valence-corrected chi connectivity index (χ1v) is 5.32. The average molecular weight is 213 g/mol. The van der Waals surface area contributed by atoms with Gasteiger partial charge in [0.15, 0.2) is 0 Å². The molecule has 1 aromatic carbocycles. The summed E-state index contributed by atoms with van der Waals surface area (Å²) in [5.74, 6) is 0. The van der Waals surface area contributed by atoms with Crippen molar-refractivity contribution in [1.29, 1.82) is 0 Å². The molecule has 1 aromatic heterocycles. The molecule has 0 radical (unpaired) electrons. The number of aromatic nitrogens is 2. The van der Waals surface area contributed by atoms with Crippen LogP contribution >= 0.6 is 0 Å². The predicted molar refractivity (Wildman–Crippen MR) is 65.0 cm³/mol. The van der Waals surface area contributed by atoms with Crippen molar-refractivity contribution in [1.82, 2.24) is 15.3 Å². The fraction of sp³-hybridized carbons (Fsp3) is 0.231. The SMILES string of the molecule is CNCc1ccc(C)c(-c2cnccn2)c1. The van der Waals surface area contributed by atoms with Crippen molar-refractivity contribution in [2.75, 3.05) is 7.05 Å². The van der Waals surface area contributed by atoms with Gasteiger partial charge in [-0.25, -0.2) is 0 Å². The van der Waals surface area contributed by atoms with Crippen LogP contribution in [0.3, 0.4) is 0 Å².